The molecule has 1 aromatic rings. The summed E-state index contributed by atoms with van der Waals surface area (Å²) in [4.78, 5) is 13.6. The quantitative estimate of drug-likeness (QED) is 0.914. The van der Waals surface area contributed by atoms with Crippen LogP contribution < -0.4 is 10.5 Å². The summed E-state index contributed by atoms with van der Waals surface area (Å²) in [5.41, 5.74) is 6.93. The largest absolute Gasteiger partial charge is 0.490 e. The van der Waals surface area contributed by atoms with Crippen LogP contribution in [0.15, 0.2) is 24.3 Å². The van der Waals surface area contributed by atoms with Crippen LogP contribution in [0.4, 0.5) is 0 Å². The molecule has 4 nitrogen and oxygen atoms in total. The van der Waals surface area contributed by atoms with Gasteiger partial charge < -0.3 is 15.4 Å². The van der Waals surface area contributed by atoms with Crippen LogP contribution in [0.3, 0.4) is 0 Å². The van der Waals surface area contributed by atoms with Crippen molar-refractivity contribution in [1.82, 2.24) is 4.90 Å². The van der Waals surface area contributed by atoms with E-state index in [0.717, 1.165) is 24.2 Å². The Balaban J connectivity index is 1.63. The monoisotopic (exact) mass is 274 g/mol. The SMILES string of the molecule is NC1CC(=O)N(Cc2cccc(OC3CCCC3)c2)C1. The van der Waals surface area contributed by atoms with Crippen LogP contribution in [0.2, 0.25) is 0 Å². The molecule has 108 valence electrons. The summed E-state index contributed by atoms with van der Waals surface area (Å²) < 4.78 is 6.00. The van der Waals surface area contributed by atoms with Crippen molar-refractivity contribution in [1.29, 1.82) is 0 Å². The van der Waals surface area contributed by atoms with E-state index in [1.807, 2.05) is 23.1 Å². The molecule has 0 bridgehead atoms. The Kier molecular flexibility index (Phi) is 3.92. The Bertz CT molecular complexity index is 483. The number of ether oxygens (including phenoxy) is 1. The van der Waals surface area contributed by atoms with E-state index in [1.54, 1.807) is 0 Å². The first-order chi connectivity index (χ1) is 9.70. The number of hydrogen-bond donors (Lipinski definition) is 1. The maximum atomic E-state index is 11.8. The van der Waals surface area contributed by atoms with Gasteiger partial charge in [0.25, 0.3) is 0 Å². The number of carbonyl (C=O) groups excluding carboxylic acids is 1. The second-order valence-electron chi connectivity index (χ2n) is 5.91. The van der Waals surface area contributed by atoms with E-state index >= 15 is 0 Å². The third-order valence-electron chi connectivity index (χ3n) is 4.12. The lowest BCUT2D eigenvalue weighted by molar-refractivity contribution is -0.128. The lowest BCUT2D eigenvalue weighted by Crippen LogP contribution is -2.27. The maximum absolute atomic E-state index is 11.8. The summed E-state index contributed by atoms with van der Waals surface area (Å²) in [5.74, 6) is 1.07. The highest BCUT2D eigenvalue weighted by molar-refractivity contribution is 5.79. The molecule has 3 rings (SSSR count). The molecule has 0 spiro atoms. The van der Waals surface area contributed by atoms with Gasteiger partial charge in [-0.15, -0.1) is 0 Å². The predicted molar refractivity (Wildman–Crippen MR) is 77.3 cm³/mol. The Morgan fingerprint density at radius 3 is 2.80 bits per heavy atom. The molecule has 1 unspecified atom stereocenters. The fourth-order valence-electron chi connectivity index (χ4n) is 3.09. The maximum Gasteiger partial charge on any atom is 0.224 e. The van der Waals surface area contributed by atoms with E-state index in [4.69, 9.17) is 10.5 Å². The minimum Gasteiger partial charge on any atom is -0.490 e. The van der Waals surface area contributed by atoms with E-state index in [9.17, 15) is 4.79 Å². The van der Waals surface area contributed by atoms with Gasteiger partial charge in [0, 0.05) is 25.6 Å². The zero-order valence-corrected chi connectivity index (χ0v) is 11.8. The fraction of sp³-hybridized carbons (Fsp3) is 0.562. The second kappa shape index (κ2) is 5.83. The van der Waals surface area contributed by atoms with Crippen molar-refractivity contribution < 1.29 is 9.53 Å². The molecular formula is C16H22N2O2. The number of hydrogen-bond acceptors (Lipinski definition) is 3. The van der Waals surface area contributed by atoms with Gasteiger partial charge in [-0.3, -0.25) is 4.79 Å². The lowest BCUT2D eigenvalue weighted by atomic mass is 10.2. The molecule has 1 aliphatic heterocycles. The Labute approximate surface area is 119 Å². The van der Waals surface area contributed by atoms with Crippen molar-refractivity contribution in [3.63, 3.8) is 0 Å². The number of carbonyl (C=O) groups is 1. The normalized spacial score (nSPS) is 23.6. The highest BCUT2D eigenvalue weighted by Gasteiger charge is 2.26. The van der Waals surface area contributed by atoms with Gasteiger partial charge in [-0.05, 0) is 43.4 Å². The first-order valence-corrected chi connectivity index (χ1v) is 7.49. The molecular weight excluding hydrogens is 252 g/mol. The molecule has 0 aromatic heterocycles. The first-order valence-electron chi connectivity index (χ1n) is 7.49. The highest BCUT2D eigenvalue weighted by Crippen LogP contribution is 2.25. The number of nitrogens with zero attached hydrogens (tertiary/aromatic N) is 1. The Hall–Kier alpha value is -1.55. The van der Waals surface area contributed by atoms with Gasteiger partial charge >= 0.3 is 0 Å². The summed E-state index contributed by atoms with van der Waals surface area (Å²) in [6.45, 7) is 1.29. The third kappa shape index (κ3) is 3.12. The van der Waals surface area contributed by atoms with Crippen LogP contribution in [0, 0.1) is 0 Å². The molecule has 1 saturated carbocycles. The predicted octanol–water partition coefficient (Wildman–Crippen LogP) is 2.07. The van der Waals surface area contributed by atoms with E-state index in [-0.39, 0.29) is 11.9 Å². The standard InChI is InChI=1S/C16H22N2O2/c17-13-9-16(19)18(11-13)10-12-4-3-7-15(8-12)20-14-5-1-2-6-14/h3-4,7-8,13-14H,1-2,5-6,9-11,17H2. The zero-order chi connectivity index (χ0) is 13.9. The van der Waals surface area contributed by atoms with Gasteiger partial charge in [0.15, 0.2) is 0 Å². The molecule has 1 aliphatic carbocycles. The van der Waals surface area contributed by atoms with Crippen molar-refractivity contribution in [3.05, 3.63) is 29.8 Å². The van der Waals surface area contributed by atoms with Crippen molar-refractivity contribution in [2.45, 2.75) is 50.8 Å². The van der Waals surface area contributed by atoms with Crippen LogP contribution in [0.5, 0.6) is 5.75 Å². The van der Waals surface area contributed by atoms with Gasteiger partial charge in [-0.1, -0.05) is 12.1 Å². The lowest BCUT2D eigenvalue weighted by Gasteiger charge is -2.18. The number of nitrogens with two attached hydrogens (primary N) is 1. The molecule has 1 atom stereocenters. The Morgan fingerprint density at radius 2 is 2.10 bits per heavy atom. The fourth-order valence-corrected chi connectivity index (χ4v) is 3.09. The number of amides is 1. The van der Waals surface area contributed by atoms with Crippen LogP contribution in [0.25, 0.3) is 0 Å². The van der Waals surface area contributed by atoms with Crippen molar-refractivity contribution in [2.75, 3.05) is 6.54 Å². The van der Waals surface area contributed by atoms with E-state index < -0.39 is 0 Å². The van der Waals surface area contributed by atoms with Gasteiger partial charge in [0.1, 0.15) is 5.75 Å². The van der Waals surface area contributed by atoms with Crippen LogP contribution in [0.1, 0.15) is 37.7 Å². The molecule has 1 aromatic carbocycles. The minimum absolute atomic E-state index is 0.0135. The molecule has 0 radical (unpaired) electrons. The van der Waals surface area contributed by atoms with Crippen molar-refractivity contribution >= 4 is 5.91 Å². The molecule has 2 aliphatic rings. The van der Waals surface area contributed by atoms with E-state index in [0.29, 0.717) is 25.6 Å². The van der Waals surface area contributed by atoms with Crippen molar-refractivity contribution in [3.8, 4) is 5.75 Å². The smallest absolute Gasteiger partial charge is 0.224 e. The summed E-state index contributed by atoms with van der Waals surface area (Å²) in [7, 11) is 0. The number of likely N-dealkylation sites (tertiary alicyclic amines) is 1. The molecule has 2 N–H and O–H groups in total. The minimum atomic E-state index is -0.0135. The highest BCUT2D eigenvalue weighted by atomic mass is 16.5. The first kappa shape index (κ1) is 13.4. The number of rotatable bonds is 4. The van der Waals surface area contributed by atoms with Gasteiger partial charge in [0.2, 0.25) is 5.91 Å². The average Bonchev–Trinajstić information content (AvgIpc) is 3.01. The zero-order valence-electron chi connectivity index (χ0n) is 11.8. The third-order valence-corrected chi connectivity index (χ3v) is 4.12. The Morgan fingerprint density at radius 1 is 1.30 bits per heavy atom. The van der Waals surface area contributed by atoms with Gasteiger partial charge in [0.05, 0.1) is 6.10 Å². The second-order valence-corrected chi connectivity index (χ2v) is 5.91. The van der Waals surface area contributed by atoms with Crippen LogP contribution in [-0.2, 0) is 11.3 Å². The summed E-state index contributed by atoms with van der Waals surface area (Å²) in [6, 6.07) is 8.08. The molecule has 2 fully saturated rings. The summed E-state index contributed by atoms with van der Waals surface area (Å²) >= 11 is 0. The summed E-state index contributed by atoms with van der Waals surface area (Å²) in [5, 5.41) is 0. The summed E-state index contributed by atoms with van der Waals surface area (Å²) in [6.07, 6.45) is 5.69. The van der Waals surface area contributed by atoms with E-state index in [2.05, 4.69) is 6.07 Å². The molecule has 1 saturated heterocycles. The van der Waals surface area contributed by atoms with Crippen LogP contribution >= 0.6 is 0 Å². The molecule has 4 heteroatoms. The van der Waals surface area contributed by atoms with E-state index in [1.165, 1.54) is 12.8 Å². The number of benzene rings is 1. The van der Waals surface area contributed by atoms with Crippen LogP contribution in [-0.4, -0.2) is 29.5 Å². The average molecular weight is 274 g/mol. The molecule has 20 heavy (non-hydrogen) atoms. The van der Waals surface area contributed by atoms with Crippen molar-refractivity contribution in [2.24, 2.45) is 5.73 Å². The topological polar surface area (TPSA) is 55.6 Å². The molecule has 1 heterocycles. The van der Waals surface area contributed by atoms with Gasteiger partial charge in [-0.25, -0.2) is 0 Å². The van der Waals surface area contributed by atoms with Gasteiger partial charge in [-0.2, -0.15) is 0 Å². The molecule has 1 amide bonds.